The first-order valence-corrected chi connectivity index (χ1v) is 7.16. The predicted octanol–water partition coefficient (Wildman–Crippen LogP) is 2.60. The zero-order valence-corrected chi connectivity index (χ0v) is 12.0. The lowest BCUT2D eigenvalue weighted by molar-refractivity contribution is -0.141. The molecule has 1 fully saturated rings. The van der Waals surface area contributed by atoms with Crippen molar-refractivity contribution >= 4 is 11.7 Å². The summed E-state index contributed by atoms with van der Waals surface area (Å²) in [6, 6.07) is 3.74. The fourth-order valence-electron chi connectivity index (χ4n) is 2.21. The topological polar surface area (TPSA) is 72.7 Å². The maximum absolute atomic E-state index is 12.6. The number of carbonyl (C=O) groups is 1. The largest absolute Gasteiger partial charge is 0.433 e. The first-order chi connectivity index (χ1) is 10.9. The first kappa shape index (κ1) is 15.4. The molecule has 0 saturated heterocycles. The molecule has 23 heavy (non-hydrogen) atoms. The van der Waals surface area contributed by atoms with E-state index in [1.807, 2.05) is 0 Å². The third-order valence-electron chi connectivity index (χ3n) is 3.62. The molecule has 0 radical (unpaired) electrons. The highest BCUT2D eigenvalue weighted by Gasteiger charge is 2.32. The Morgan fingerprint density at radius 1 is 1.35 bits per heavy atom. The zero-order chi connectivity index (χ0) is 16.4. The predicted molar refractivity (Wildman–Crippen MR) is 74.5 cm³/mol. The molecule has 0 aliphatic heterocycles. The molecule has 1 aliphatic rings. The van der Waals surface area contributed by atoms with Crippen LogP contribution >= 0.6 is 0 Å². The molecule has 1 N–H and O–H groups in total. The number of rotatable bonds is 4. The molecule has 1 amide bonds. The number of aromatic nitrogens is 4. The molecular formula is C14H14F3N5O. The van der Waals surface area contributed by atoms with Crippen molar-refractivity contribution in [3.63, 3.8) is 0 Å². The number of halogens is 3. The van der Waals surface area contributed by atoms with Gasteiger partial charge in [-0.05, 0) is 31.4 Å². The second-order valence-electron chi connectivity index (χ2n) is 5.37. The summed E-state index contributed by atoms with van der Waals surface area (Å²) in [4.78, 5) is 16.9. The normalized spacial score (nSPS) is 15.3. The van der Waals surface area contributed by atoms with Crippen LogP contribution in [0.15, 0.2) is 24.4 Å². The van der Waals surface area contributed by atoms with Crippen LogP contribution in [-0.4, -0.2) is 25.9 Å². The summed E-state index contributed by atoms with van der Waals surface area (Å²) in [7, 11) is 0. The Bertz CT molecular complexity index is 708. The molecule has 2 aromatic rings. The second-order valence-corrected chi connectivity index (χ2v) is 5.37. The minimum absolute atomic E-state index is 0.0451. The van der Waals surface area contributed by atoms with E-state index >= 15 is 0 Å². The van der Waals surface area contributed by atoms with Crippen LogP contribution in [-0.2, 0) is 17.4 Å². The van der Waals surface area contributed by atoms with Crippen molar-refractivity contribution in [1.82, 2.24) is 20.0 Å². The van der Waals surface area contributed by atoms with E-state index in [-0.39, 0.29) is 24.0 Å². The van der Waals surface area contributed by atoms with Gasteiger partial charge in [0.15, 0.2) is 5.82 Å². The van der Waals surface area contributed by atoms with Crippen LogP contribution in [0.25, 0.3) is 0 Å². The van der Waals surface area contributed by atoms with E-state index < -0.39 is 17.8 Å². The van der Waals surface area contributed by atoms with Gasteiger partial charge in [0, 0.05) is 0 Å². The molecule has 0 unspecified atom stereocenters. The molecule has 3 rings (SSSR count). The Hall–Kier alpha value is -2.45. The van der Waals surface area contributed by atoms with Gasteiger partial charge in [-0.2, -0.15) is 23.1 Å². The fraction of sp³-hybridized carbons (Fsp3) is 0.429. The number of pyridine rings is 1. The Labute approximate surface area is 129 Å². The van der Waals surface area contributed by atoms with Gasteiger partial charge in [0.05, 0.1) is 24.4 Å². The maximum Gasteiger partial charge on any atom is 0.433 e. The maximum atomic E-state index is 12.6. The minimum Gasteiger partial charge on any atom is -0.308 e. The van der Waals surface area contributed by atoms with E-state index in [9.17, 15) is 18.0 Å². The number of alkyl halides is 3. The SMILES string of the molecule is O=C(Cc1cccc(C(F)(F)F)n1)Nc1cnn(C2CCC2)n1. The monoisotopic (exact) mass is 325 g/mol. The van der Waals surface area contributed by atoms with Crippen LogP contribution in [0.5, 0.6) is 0 Å². The van der Waals surface area contributed by atoms with Gasteiger partial charge in [0.25, 0.3) is 0 Å². The van der Waals surface area contributed by atoms with E-state index in [2.05, 4.69) is 20.5 Å². The second kappa shape index (κ2) is 5.98. The van der Waals surface area contributed by atoms with E-state index in [1.165, 1.54) is 18.3 Å². The number of hydrogen-bond donors (Lipinski definition) is 1. The third kappa shape index (κ3) is 3.66. The van der Waals surface area contributed by atoms with Crippen molar-refractivity contribution < 1.29 is 18.0 Å². The molecule has 0 spiro atoms. The van der Waals surface area contributed by atoms with Crippen molar-refractivity contribution in [2.45, 2.75) is 37.9 Å². The highest BCUT2D eigenvalue weighted by molar-refractivity contribution is 5.90. The fourth-order valence-corrected chi connectivity index (χ4v) is 2.21. The molecule has 0 bridgehead atoms. The Morgan fingerprint density at radius 3 is 2.78 bits per heavy atom. The van der Waals surface area contributed by atoms with Crippen LogP contribution in [0.2, 0.25) is 0 Å². The van der Waals surface area contributed by atoms with Crippen molar-refractivity contribution in [2.24, 2.45) is 0 Å². The highest BCUT2D eigenvalue weighted by Crippen LogP contribution is 2.30. The molecule has 122 valence electrons. The summed E-state index contributed by atoms with van der Waals surface area (Å²) < 4.78 is 37.8. The Kier molecular flexibility index (Phi) is 4.01. The molecule has 1 saturated carbocycles. The van der Waals surface area contributed by atoms with Crippen LogP contribution in [0.1, 0.15) is 36.7 Å². The van der Waals surface area contributed by atoms with Crippen molar-refractivity contribution in [3.8, 4) is 0 Å². The minimum atomic E-state index is -4.53. The van der Waals surface area contributed by atoms with Gasteiger partial charge in [0.1, 0.15) is 5.69 Å². The summed E-state index contributed by atoms with van der Waals surface area (Å²) in [6.45, 7) is 0. The summed E-state index contributed by atoms with van der Waals surface area (Å²) in [5.41, 5.74) is -0.970. The summed E-state index contributed by atoms with van der Waals surface area (Å²) in [5, 5.41) is 10.7. The number of hydrogen-bond acceptors (Lipinski definition) is 4. The summed E-state index contributed by atoms with van der Waals surface area (Å²) in [6.07, 6.45) is -0.213. The molecule has 0 atom stereocenters. The van der Waals surface area contributed by atoms with Crippen molar-refractivity contribution in [2.75, 3.05) is 5.32 Å². The Morgan fingerprint density at radius 2 is 2.13 bits per heavy atom. The van der Waals surface area contributed by atoms with Gasteiger partial charge < -0.3 is 5.32 Å². The third-order valence-corrected chi connectivity index (χ3v) is 3.62. The first-order valence-electron chi connectivity index (χ1n) is 7.16. The Balaban J connectivity index is 1.62. The van der Waals surface area contributed by atoms with Crippen molar-refractivity contribution in [3.05, 3.63) is 35.8 Å². The van der Waals surface area contributed by atoms with Gasteiger partial charge in [-0.15, -0.1) is 5.10 Å². The quantitative estimate of drug-likeness (QED) is 0.938. The standard InChI is InChI=1S/C14H14F3N5O/c15-14(16,17)11-6-1-3-9(19-11)7-13(23)20-12-8-18-22(21-12)10-4-2-5-10/h1,3,6,8,10H,2,4-5,7H2,(H,20,21,23). The highest BCUT2D eigenvalue weighted by atomic mass is 19.4. The number of anilines is 1. The number of nitrogens with zero attached hydrogens (tertiary/aromatic N) is 4. The molecule has 2 heterocycles. The number of amides is 1. The molecule has 1 aliphatic carbocycles. The van der Waals surface area contributed by atoms with E-state index in [4.69, 9.17) is 0 Å². The average Bonchev–Trinajstić information content (AvgIpc) is 2.83. The van der Waals surface area contributed by atoms with Crippen LogP contribution in [0.3, 0.4) is 0 Å². The van der Waals surface area contributed by atoms with Gasteiger partial charge >= 0.3 is 6.18 Å². The summed E-state index contributed by atoms with van der Waals surface area (Å²) in [5.74, 6) is -0.202. The van der Waals surface area contributed by atoms with Gasteiger partial charge in [-0.25, -0.2) is 4.98 Å². The lowest BCUT2D eigenvalue weighted by Gasteiger charge is -2.23. The lowest BCUT2D eigenvalue weighted by Crippen LogP contribution is -2.20. The van der Waals surface area contributed by atoms with E-state index in [0.717, 1.165) is 25.3 Å². The molecule has 2 aromatic heterocycles. The molecule has 6 nitrogen and oxygen atoms in total. The zero-order valence-electron chi connectivity index (χ0n) is 12.0. The van der Waals surface area contributed by atoms with Gasteiger partial charge in [0.2, 0.25) is 5.91 Å². The number of nitrogens with one attached hydrogen (secondary N) is 1. The molecule has 0 aromatic carbocycles. The lowest BCUT2D eigenvalue weighted by atomic mass is 9.94. The van der Waals surface area contributed by atoms with Gasteiger partial charge in [-0.3, -0.25) is 4.79 Å². The van der Waals surface area contributed by atoms with E-state index in [0.29, 0.717) is 0 Å². The van der Waals surface area contributed by atoms with Crippen LogP contribution in [0, 0.1) is 0 Å². The molecule has 9 heteroatoms. The smallest absolute Gasteiger partial charge is 0.308 e. The van der Waals surface area contributed by atoms with Gasteiger partial charge in [-0.1, -0.05) is 6.07 Å². The average molecular weight is 325 g/mol. The van der Waals surface area contributed by atoms with Crippen LogP contribution in [0.4, 0.5) is 19.0 Å². The van der Waals surface area contributed by atoms with Crippen LogP contribution < -0.4 is 5.32 Å². The molecular weight excluding hydrogens is 311 g/mol. The summed E-state index contributed by atoms with van der Waals surface area (Å²) >= 11 is 0. The van der Waals surface area contributed by atoms with E-state index in [1.54, 1.807) is 4.80 Å². The number of carbonyl (C=O) groups excluding carboxylic acids is 1. The van der Waals surface area contributed by atoms with Crippen molar-refractivity contribution in [1.29, 1.82) is 0 Å².